The number of unbranched alkanes of at least 4 members (excludes halogenated alkanes) is 1. The highest BCUT2D eigenvalue weighted by molar-refractivity contribution is 9.10. The van der Waals surface area contributed by atoms with Crippen LogP contribution in [0.3, 0.4) is 0 Å². The molecule has 0 aliphatic heterocycles. The first-order valence-electron chi connectivity index (χ1n) is 6.22. The largest absolute Gasteiger partial charge is 0.492 e. The predicted octanol–water partition coefficient (Wildman–Crippen LogP) is 2.92. The summed E-state index contributed by atoms with van der Waals surface area (Å²) in [4.78, 5) is 15.4. The summed E-state index contributed by atoms with van der Waals surface area (Å²) in [6, 6.07) is 1.86. The minimum absolute atomic E-state index is 0.0967. The molecule has 1 rings (SSSR count). The van der Waals surface area contributed by atoms with Crippen LogP contribution >= 0.6 is 15.9 Å². The minimum atomic E-state index is 0.0967. The molecule has 1 aromatic heterocycles. The van der Waals surface area contributed by atoms with Crippen molar-refractivity contribution in [2.45, 2.75) is 32.6 Å². The number of pyridine rings is 1. The molecule has 18 heavy (non-hydrogen) atoms. The fourth-order valence-electron chi connectivity index (χ4n) is 1.39. The zero-order chi connectivity index (χ0) is 13.2. The van der Waals surface area contributed by atoms with Crippen LogP contribution in [0.25, 0.3) is 0 Å². The van der Waals surface area contributed by atoms with Crippen LogP contribution in [0.1, 0.15) is 32.6 Å². The number of carbonyl (C=O) groups is 1. The Bertz CT molecular complexity index is 372. The average Bonchev–Trinajstić information content (AvgIpc) is 2.35. The molecule has 0 spiro atoms. The minimum Gasteiger partial charge on any atom is -0.492 e. The maximum Gasteiger partial charge on any atom is 0.220 e. The Morgan fingerprint density at radius 3 is 3.00 bits per heavy atom. The van der Waals surface area contributed by atoms with Crippen LogP contribution in [-0.2, 0) is 4.79 Å². The highest BCUT2D eigenvalue weighted by Crippen LogP contribution is 2.15. The van der Waals surface area contributed by atoms with Crippen molar-refractivity contribution >= 4 is 21.8 Å². The average molecular weight is 315 g/mol. The van der Waals surface area contributed by atoms with Gasteiger partial charge in [0.15, 0.2) is 0 Å². The summed E-state index contributed by atoms with van der Waals surface area (Å²) in [7, 11) is 0. The van der Waals surface area contributed by atoms with Gasteiger partial charge in [-0.25, -0.2) is 0 Å². The van der Waals surface area contributed by atoms with E-state index < -0.39 is 0 Å². The Hall–Kier alpha value is -1.10. The molecule has 0 aromatic carbocycles. The highest BCUT2D eigenvalue weighted by atomic mass is 79.9. The first-order chi connectivity index (χ1) is 8.72. The van der Waals surface area contributed by atoms with Gasteiger partial charge in [-0.05, 0) is 34.8 Å². The zero-order valence-electron chi connectivity index (χ0n) is 10.6. The van der Waals surface area contributed by atoms with Gasteiger partial charge in [0.25, 0.3) is 0 Å². The maximum atomic E-state index is 11.4. The predicted molar refractivity (Wildman–Crippen MR) is 74.6 cm³/mol. The summed E-state index contributed by atoms with van der Waals surface area (Å²) < 4.78 is 6.38. The lowest BCUT2D eigenvalue weighted by atomic mass is 10.3. The molecular weight excluding hydrogens is 296 g/mol. The van der Waals surface area contributed by atoms with E-state index in [2.05, 4.69) is 33.2 Å². The molecule has 4 nitrogen and oxygen atoms in total. The molecule has 0 bridgehead atoms. The third-order valence-corrected chi connectivity index (χ3v) is 2.78. The third-order valence-electron chi connectivity index (χ3n) is 2.35. The van der Waals surface area contributed by atoms with Crippen LogP contribution in [0, 0.1) is 0 Å². The van der Waals surface area contributed by atoms with Crippen molar-refractivity contribution in [1.82, 2.24) is 10.3 Å². The van der Waals surface area contributed by atoms with E-state index in [-0.39, 0.29) is 5.91 Å². The van der Waals surface area contributed by atoms with Crippen molar-refractivity contribution in [2.24, 2.45) is 0 Å². The third kappa shape index (κ3) is 6.59. The lowest BCUT2D eigenvalue weighted by Gasteiger charge is -2.06. The Kier molecular flexibility index (Phi) is 7.41. The molecule has 100 valence electrons. The van der Waals surface area contributed by atoms with Crippen LogP contribution in [0.4, 0.5) is 0 Å². The molecule has 0 radical (unpaired) electrons. The standard InChI is InChI=1S/C13H19BrN2O2/c1-2-3-6-16-13(17)5-4-7-18-12-8-11(14)9-15-10-12/h8-10H,2-7H2,1H3,(H,16,17). The van der Waals surface area contributed by atoms with E-state index in [1.807, 2.05) is 6.07 Å². The fraction of sp³-hybridized carbons (Fsp3) is 0.538. The molecule has 1 amide bonds. The van der Waals surface area contributed by atoms with E-state index in [0.29, 0.717) is 19.4 Å². The summed E-state index contributed by atoms with van der Waals surface area (Å²) >= 11 is 3.32. The molecule has 1 aromatic rings. The van der Waals surface area contributed by atoms with Gasteiger partial charge >= 0.3 is 0 Å². The molecule has 1 heterocycles. The van der Waals surface area contributed by atoms with Gasteiger partial charge in [0.2, 0.25) is 5.91 Å². The Labute approximate surface area is 116 Å². The molecule has 1 N–H and O–H groups in total. The number of ether oxygens (including phenoxy) is 1. The smallest absolute Gasteiger partial charge is 0.220 e. The normalized spacial score (nSPS) is 10.1. The van der Waals surface area contributed by atoms with Crippen molar-refractivity contribution in [3.63, 3.8) is 0 Å². The summed E-state index contributed by atoms with van der Waals surface area (Å²) in [5.41, 5.74) is 0. The summed E-state index contributed by atoms with van der Waals surface area (Å²) in [5.74, 6) is 0.815. The van der Waals surface area contributed by atoms with E-state index in [1.165, 1.54) is 0 Å². The van der Waals surface area contributed by atoms with Crippen molar-refractivity contribution in [2.75, 3.05) is 13.2 Å². The summed E-state index contributed by atoms with van der Waals surface area (Å²) in [6.07, 6.45) is 6.71. The molecule has 0 saturated carbocycles. The van der Waals surface area contributed by atoms with Crippen molar-refractivity contribution in [3.05, 3.63) is 22.9 Å². The zero-order valence-corrected chi connectivity index (χ0v) is 12.2. The quantitative estimate of drug-likeness (QED) is 0.751. The monoisotopic (exact) mass is 314 g/mol. The lowest BCUT2D eigenvalue weighted by molar-refractivity contribution is -0.121. The highest BCUT2D eigenvalue weighted by Gasteiger charge is 2.01. The first kappa shape index (κ1) is 15.0. The number of carbonyl (C=O) groups excluding carboxylic acids is 1. The Morgan fingerprint density at radius 2 is 2.28 bits per heavy atom. The van der Waals surface area contributed by atoms with Crippen molar-refractivity contribution < 1.29 is 9.53 Å². The second-order valence-corrected chi connectivity index (χ2v) is 4.91. The number of nitrogens with one attached hydrogen (secondary N) is 1. The van der Waals surface area contributed by atoms with E-state index in [1.54, 1.807) is 12.4 Å². The van der Waals surface area contributed by atoms with Crippen LogP contribution in [0.5, 0.6) is 5.75 Å². The van der Waals surface area contributed by atoms with E-state index in [4.69, 9.17) is 4.74 Å². The van der Waals surface area contributed by atoms with Crippen LogP contribution in [0.2, 0.25) is 0 Å². The van der Waals surface area contributed by atoms with Crippen molar-refractivity contribution in [3.8, 4) is 5.75 Å². The molecule has 0 unspecified atom stereocenters. The molecule has 0 saturated heterocycles. The number of aromatic nitrogens is 1. The molecular formula is C13H19BrN2O2. The number of amides is 1. The van der Waals surface area contributed by atoms with Crippen LogP contribution in [0.15, 0.2) is 22.9 Å². The molecule has 0 atom stereocenters. The molecule has 5 heteroatoms. The van der Waals surface area contributed by atoms with Crippen molar-refractivity contribution in [1.29, 1.82) is 0 Å². The van der Waals surface area contributed by atoms with E-state index in [0.717, 1.165) is 29.6 Å². The SMILES string of the molecule is CCCCNC(=O)CCCOc1cncc(Br)c1. The van der Waals surface area contributed by atoms with Crippen LogP contribution in [-0.4, -0.2) is 24.0 Å². The Morgan fingerprint density at radius 1 is 1.44 bits per heavy atom. The van der Waals surface area contributed by atoms with Gasteiger partial charge < -0.3 is 10.1 Å². The molecule has 0 aliphatic carbocycles. The van der Waals surface area contributed by atoms with Crippen LogP contribution < -0.4 is 10.1 Å². The number of rotatable bonds is 8. The Balaban J connectivity index is 2.09. The van der Waals surface area contributed by atoms with Gasteiger partial charge in [-0.15, -0.1) is 0 Å². The van der Waals surface area contributed by atoms with Gasteiger partial charge in [-0.2, -0.15) is 0 Å². The fourth-order valence-corrected chi connectivity index (χ4v) is 1.73. The van der Waals surface area contributed by atoms with Gasteiger partial charge in [0.1, 0.15) is 5.75 Å². The van der Waals surface area contributed by atoms with Gasteiger partial charge in [-0.3, -0.25) is 9.78 Å². The number of hydrogen-bond acceptors (Lipinski definition) is 3. The number of halogens is 1. The second-order valence-electron chi connectivity index (χ2n) is 3.99. The second kappa shape index (κ2) is 8.91. The summed E-state index contributed by atoms with van der Waals surface area (Å²) in [5, 5.41) is 2.88. The van der Waals surface area contributed by atoms with E-state index >= 15 is 0 Å². The molecule has 0 aliphatic rings. The van der Waals surface area contributed by atoms with Gasteiger partial charge in [-0.1, -0.05) is 13.3 Å². The van der Waals surface area contributed by atoms with E-state index in [9.17, 15) is 4.79 Å². The first-order valence-corrected chi connectivity index (χ1v) is 7.01. The summed E-state index contributed by atoms with van der Waals surface area (Å²) in [6.45, 7) is 3.40. The number of nitrogens with zero attached hydrogens (tertiary/aromatic N) is 1. The molecule has 0 fully saturated rings. The van der Waals surface area contributed by atoms with Gasteiger partial charge in [0, 0.05) is 23.6 Å². The lowest BCUT2D eigenvalue weighted by Crippen LogP contribution is -2.24. The maximum absolute atomic E-state index is 11.4. The number of hydrogen-bond donors (Lipinski definition) is 1. The topological polar surface area (TPSA) is 51.2 Å². The van der Waals surface area contributed by atoms with Gasteiger partial charge in [0.05, 0.1) is 12.8 Å².